The summed E-state index contributed by atoms with van der Waals surface area (Å²) >= 11 is 7.66. The zero-order chi connectivity index (χ0) is 26.7. The van der Waals surface area contributed by atoms with E-state index in [4.69, 9.17) is 21.1 Å². The highest BCUT2D eigenvalue weighted by Gasteiger charge is 2.75. The minimum Gasteiger partial charge on any atom is -0.460 e. The normalized spacial score (nSPS) is 43.1. The number of fused-ring (bicyclic) bond motifs is 5. The van der Waals surface area contributed by atoms with E-state index < -0.39 is 57.7 Å². The van der Waals surface area contributed by atoms with Crippen molar-refractivity contribution in [2.24, 2.45) is 28.6 Å². The van der Waals surface area contributed by atoms with Crippen molar-refractivity contribution in [1.82, 2.24) is 0 Å². The average Bonchev–Trinajstić information content (AvgIpc) is 3.04. The van der Waals surface area contributed by atoms with Crippen LogP contribution >= 0.6 is 11.6 Å². The molecule has 0 bridgehead atoms. The van der Waals surface area contributed by atoms with Crippen LogP contribution in [0.3, 0.4) is 0 Å². The zero-order valence-corrected chi connectivity index (χ0v) is 22.5. The van der Waals surface area contributed by atoms with Crippen molar-refractivity contribution >= 4 is 35.1 Å². The Labute approximate surface area is 217 Å². The van der Waals surface area contributed by atoms with E-state index in [9.17, 15) is 24.3 Å². The Bertz CT molecular complexity index is 1050. The van der Waals surface area contributed by atoms with Crippen LogP contribution in [0.4, 0.5) is 0 Å². The van der Waals surface area contributed by atoms with Crippen LogP contribution in [0.5, 0.6) is 0 Å². The highest BCUT2D eigenvalue weighted by Crippen LogP contribution is 2.71. The number of alkyl halides is 1. The second-order valence-electron chi connectivity index (χ2n) is 11.4. The lowest BCUT2D eigenvalue weighted by Gasteiger charge is -2.64. The molecule has 0 aromatic rings. The van der Waals surface area contributed by atoms with Gasteiger partial charge < -0.3 is 14.6 Å². The maximum Gasteiger partial charge on any atom is 0.305 e. The van der Waals surface area contributed by atoms with E-state index >= 15 is 0 Å². The number of carbonyl (C=O) groups is 4. The van der Waals surface area contributed by atoms with E-state index in [1.165, 1.54) is 6.08 Å². The molecule has 4 aliphatic rings. The molecule has 0 saturated heterocycles. The van der Waals surface area contributed by atoms with Crippen molar-refractivity contribution in [3.05, 3.63) is 23.8 Å². The number of hydrogen-bond acceptors (Lipinski definition) is 7. The van der Waals surface area contributed by atoms with Gasteiger partial charge in [0.1, 0.15) is 11.7 Å². The van der Waals surface area contributed by atoms with Crippen molar-refractivity contribution in [1.29, 1.82) is 0 Å². The summed E-state index contributed by atoms with van der Waals surface area (Å²) in [6.45, 7) is 8.59. The maximum atomic E-state index is 13.5. The Morgan fingerprint density at radius 3 is 2.44 bits per heavy atom. The van der Waals surface area contributed by atoms with E-state index in [-0.39, 0.29) is 36.9 Å². The highest BCUT2D eigenvalue weighted by atomic mass is 35.5. The Morgan fingerprint density at radius 2 is 1.81 bits per heavy atom. The molecule has 0 aliphatic heterocycles. The molecule has 1 N–H and O–H groups in total. The number of carbonyl (C=O) groups excluding carboxylic acids is 4. The van der Waals surface area contributed by atoms with Crippen LogP contribution in [0.25, 0.3) is 0 Å². The number of esters is 2. The number of ether oxygens (including phenoxy) is 2. The summed E-state index contributed by atoms with van der Waals surface area (Å²) in [6.07, 6.45) is 6.57. The van der Waals surface area contributed by atoms with Gasteiger partial charge >= 0.3 is 11.9 Å². The summed E-state index contributed by atoms with van der Waals surface area (Å²) in [5.41, 5.74) is -2.52. The molecule has 36 heavy (non-hydrogen) atoms. The van der Waals surface area contributed by atoms with Gasteiger partial charge in [0.25, 0.3) is 0 Å². The fraction of sp³-hybridized carbons (Fsp3) is 0.714. The standard InChI is InChI=1S/C28H37ClO7/c1-6-23(32)35-15-21(31)28(34)16(3)12-20-19-9-8-17-13-18(30)10-11-25(17,4)27(19,29)22(14-26(20,28)5)36-24(33)7-2/h10-11,13,16,19-20,22,34H,6-9,12,14-15H2,1-5H3. The summed E-state index contributed by atoms with van der Waals surface area (Å²) in [7, 11) is 0. The van der Waals surface area contributed by atoms with Crippen molar-refractivity contribution in [2.45, 2.75) is 89.7 Å². The van der Waals surface area contributed by atoms with E-state index in [1.54, 1.807) is 19.9 Å². The van der Waals surface area contributed by atoms with Gasteiger partial charge in [0.2, 0.25) is 5.78 Å². The Hall–Kier alpha value is -1.99. The summed E-state index contributed by atoms with van der Waals surface area (Å²) in [5, 5.41) is 12.1. The molecule has 8 heteroatoms. The first kappa shape index (κ1) is 27.1. The smallest absolute Gasteiger partial charge is 0.305 e. The van der Waals surface area contributed by atoms with Crippen LogP contribution in [0, 0.1) is 28.6 Å². The van der Waals surface area contributed by atoms with E-state index in [1.807, 2.05) is 26.8 Å². The molecule has 0 radical (unpaired) electrons. The number of Topliss-reactive ketones (excluding diaryl/α,β-unsaturated/α-hetero) is 1. The Morgan fingerprint density at radius 1 is 1.14 bits per heavy atom. The van der Waals surface area contributed by atoms with Gasteiger partial charge in [-0.2, -0.15) is 0 Å². The average molecular weight is 521 g/mol. The molecule has 198 valence electrons. The number of ketones is 2. The Kier molecular flexibility index (Phi) is 6.83. The van der Waals surface area contributed by atoms with Crippen LogP contribution in [-0.4, -0.2) is 51.8 Å². The molecule has 0 aromatic heterocycles. The van der Waals surface area contributed by atoms with Gasteiger partial charge in [-0.15, -0.1) is 11.6 Å². The molecule has 3 saturated carbocycles. The third-order valence-electron chi connectivity index (χ3n) is 9.84. The second kappa shape index (κ2) is 9.09. The van der Waals surface area contributed by atoms with E-state index in [0.717, 1.165) is 5.57 Å². The van der Waals surface area contributed by atoms with Crippen LogP contribution in [0.15, 0.2) is 23.8 Å². The van der Waals surface area contributed by atoms with Gasteiger partial charge in [-0.05, 0) is 55.6 Å². The first-order valence-corrected chi connectivity index (χ1v) is 13.4. The second-order valence-corrected chi connectivity index (χ2v) is 12.0. The molecular weight excluding hydrogens is 484 g/mol. The number of aliphatic hydroxyl groups is 1. The van der Waals surface area contributed by atoms with Crippen LogP contribution in [0.1, 0.15) is 73.1 Å². The number of allylic oxidation sites excluding steroid dienone is 4. The summed E-state index contributed by atoms with van der Waals surface area (Å²) in [6, 6.07) is 0. The molecule has 8 unspecified atom stereocenters. The molecule has 4 aliphatic carbocycles. The first-order valence-electron chi connectivity index (χ1n) is 13.0. The lowest BCUT2D eigenvalue weighted by Crippen LogP contribution is -2.69. The number of halogens is 1. The monoisotopic (exact) mass is 520 g/mol. The van der Waals surface area contributed by atoms with Crippen molar-refractivity contribution < 1.29 is 33.8 Å². The number of hydrogen-bond donors (Lipinski definition) is 1. The molecule has 0 amide bonds. The predicted molar refractivity (Wildman–Crippen MR) is 133 cm³/mol. The number of rotatable bonds is 6. The fourth-order valence-corrected chi connectivity index (χ4v) is 8.40. The van der Waals surface area contributed by atoms with Gasteiger partial charge in [-0.1, -0.05) is 46.3 Å². The summed E-state index contributed by atoms with van der Waals surface area (Å²) in [5.74, 6) is -2.26. The summed E-state index contributed by atoms with van der Waals surface area (Å²) in [4.78, 5) is 49.0. The van der Waals surface area contributed by atoms with Crippen LogP contribution in [0.2, 0.25) is 0 Å². The molecule has 7 nitrogen and oxygen atoms in total. The van der Waals surface area contributed by atoms with Crippen molar-refractivity contribution in [3.8, 4) is 0 Å². The topological polar surface area (TPSA) is 107 Å². The lowest BCUT2D eigenvalue weighted by atomic mass is 9.45. The predicted octanol–water partition coefficient (Wildman–Crippen LogP) is 4.09. The Balaban J connectivity index is 1.80. The SMILES string of the molecule is CCC(=O)OCC(=O)C1(O)C(C)CC2C3CCC4=CC(=O)C=CC4(C)C3(Cl)C(OC(=O)CC)CC21C. The molecule has 0 aromatic carbocycles. The van der Waals surface area contributed by atoms with Gasteiger partial charge in [-0.25, -0.2) is 0 Å². The lowest BCUT2D eigenvalue weighted by molar-refractivity contribution is -0.192. The minimum atomic E-state index is -1.77. The highest BCUT2D eigenvalue weighted by molar-refractivity contribution is 6.26. The van der Waals surface area contributed by atoms with Gasteiger partial charge in [-0.3, -0.25) is 19.2 Å². The van der Waals surface area contributed by atoms with Crippen molar-refractivity contribution in [3.63, 3.8) is 0 Å². The van der Waals surface area contributed by atoms with Crippen LogP contribution < -0.4 is 0 Å². The molecule has 8 atom stereocenters. The third kappa shape index (κ3) is 3.56. The van der Waals surface area contributed by atoms with E-state index in [2.05, 4.69) is 0 Å². The molecule has 0 heterocycles. The van der Waals surface area contributed by atoms with Crippen LogP contribution in [-0.2, 0) is 28.7 Å². The van der Waals surface area contributed by atoms with Gasteiger partial charge in [0, 0.05) is 23.7 Å². The molecule has 3 fully saturated rings. The molecular formula is C28H37ClO7. The van der Waals surface area contributed by atoms with Crippen molar-refractivity contribution in [2.75, 3.05) is 6.61 Å². The minimum absolute atomic E-state index is 0.0833. The third-order valence-corrected chi connectivity index (χ3v) is 10.8. The molecule has 4 rings (SSSR count). The van der Waals surface area contributed by atoms with E-state index in [0.29, 0.717) is 19.3 Å². The zero-order valence-electron chi connectivity index (χ0n) is 21.8. The van der Waals surface area contributed by atoms with Gasteiger partial charge in [0.05, 0.1) is 4.87 Å². The quantitative estimate of drug-likeness (QED) is 0.415. The largest absolute Gasteiger partial charge is 0.460 e. The fourth-order valence-electron chi connectivity index (χ4n) is 7.83. The molecule has 0 spiro atoms. The first-order chi connectivity index (χ1) is 16.8. The maximum absolute atomic E-state index is 13.5. The van der Waals surface area contributed by atoms with Gasteiger partial charge in [0.15, 0.2) is 12.4 Å². The summed E-state index contributed by atoms with van der Waals surface area (Å²) < 4.78 is 11.2.